The third kappa shape index (κ3) is 2.96. The van der Waals surface area contributed by atoms with Gasteiger partial charge in [-0.05, 0) is 39.4 Å². The minimum atomic E-state index is 0.408. The second kappa shape index (κ2) is 5.85. The molecule has 1 fully saturated rings. The summed E-state index contributed by atoms with van der Waals surface area (Å²) >= 11 is 1.61. The highest BCUT2D eigenvalue weighted by atomic mass is 32.1. The first-order valence-corrected chi connectivity index (χ1v) is 7.76. The molecule has 0 saturated carbocycles. The van der Waals surface area contributed by atoms with Crippen molar-refractivity contribution in [2.75, 3.05) is 18.9 Å². The number of hydrogen-bond donors (Lipinski definition) is 1. The normalized spacial score (nSPS) is 20.0. The van der Waals surface area contributed by atoms with Gasteiger partial charge in [-0.1, -0.05) is 6.42 Å². The second-order valence-electron chi connectivity index (χ2n) is 5.20. The van der Waals surface area contributed by atoms with Gasteiger partial charge in [0.15, 0.2) is 5.13 Å². The fraction of sp³-hybridized carbons (Fsp3) is 0.500. The van der Waals surface area contributed by atoms with E-state index in [4.69, 9.17) is 0 Å². The van der Waals surface area contributed by atoms with Crippen LogP contribution in [0.5, 0.6) is 0 Å². The van der Waals surface area contributed by atoms with Crippen LogP contribution in [0.15, 0.2) is 18.5 Å². The molecule has 1 atom stereocenters. The summed E-state index contributed by atoms with van der Waals surface area (Å²) in [5, 5.41) is 4.03. The number of rotatable bonds is 3. The van der Waals surface area contributed by atoms with E-state index in [9.17, 15) is 0 Å². The lowest BCUT2D eigenvalue weighted by Gasteiger charge is -2.31. The van der Waals surface area contributed by atoms with Crippen molar-refractivity contribution >= 4 is 22.4 Å². The molecule has 0 aliphatic carbocycles. The first-order chi connectivity index (χ1) is 9.72. The zero-order valence-electron chi connectivity index (χ0n) is 11.8. The number of nitrogens with one attached hydrogen (secondary N) is 1. The highest BCUT2D eigenvalue weighted by Crippen LogP contribution is 2.29. The molecule has 1 saturated heterocycles. The van der Waals surface area contributed by atoms with Crippen LogP contribution in [-0.2, 0) is 0 Å². The quantitative estimate of drug-likeness (QED) is 0.940. The van der Waals surface area contributed by atoms with E-state index in [0.717, 1.165) is 17.4 Å². The van der Waals surface area contributed by atoms with E-state index < -0.39 is 0 Å². The van der Waals surface area contributed by atoms with Crippen LogP contribution < -0.4 is 5.32 Å². The van der Waals surface area contributed by atoms with Gasteiger partial charge in [-0.25, -0.2) is 15.0 Å². The summed E-state index contributed by atoms with van der Waals surface area (Å²) in [6, 6.07) is 2.43. The average molecular weight is 289 g/mol. The summed E-state index contributed by atoms with van der Waals surface area (Å²) in [5.74, 6) is 0.635. The smallest absolute Gasteiger partial charge is 0.229 e. The zero-order valence-corrected chi connectivity index (χ0v) is 12.7. The van der Waals surface area contributed by atoms with E-state index in [1.54, 1.807) is 11.3 Å². The van der Waals surface area contributed by atoms with E-state index in [1.165, 1.54) is 24.1 Å². The summed E-state index contributed by atoms with van der Waals surface area (Å²) < 4.78 is 0. The van der Waals surface area contributed by atoms with E-state index in [1.807, 2.05) is 25.4 Å². The van der Waals surface area contributed by atoms with Crippen molar-refractivity contribution in [1.82, 2.24) is 19.9 Å². The van der Waals surface area contributed by atoms with Gasteiger partial charge in [-0.2, -0.15) is 0 Å². The van der Waals surface area contributed by atoms with Crippen LogP contribution in [0.25, 0.3) is 0 Å². The Morgan fingerprint density at radius 1 is 1.35 bits per heavy atom. The molecule has 3 rings (SSSR count). The molecule has 2 aromatic rings. The molecule has 1 aliphatic heterocycles. The van der Waals surface area contributed by atoms with Gasteiger partial charge in [0.1, 0.15) is 0 Å². The molecule has 0 amide bonds. The van der Waals surface area contributed by atoms with E-state index in [0.29, 0.717) is 12.0 Å². The molecule has 3 heterocycles. The predicted octanol–water partition coefficient (Wildman–Crippen LogP) is 3.14. The van der Waals surface area contributed by atoms with E-state index in [2.05, 4.69) is 32.2 Å². The monoisotopic (exact) mass is 289 g/mol. The van der Waals surface area contributed by atoms with Crippen LogP contribution in [-0.4, -0.2) is 33.4 Å². The highest BCUT2D eigenvalue weighted by Gasteiger charge is 2.22. The van der Waals surface area contributed by atoms with Crippen molar-refractivity contribution in [3.8, 4) is 0 Å². The number of aromatic nitrogens is 3. The van der Waals surface area contributed by atoms with Gasteiger partial charge in [-0.3, -0.25) is 4.90 Å². The number of anilines is 2. The molecule has 2 aromatic heterocycles. The Labute approximate surface area is 123 Å². The summed E-state index contributed by atoms with van der Waals surface area (Å²) in [6.45, 7) is 3.18. The topological polar surface area (TPSA) is 53.9 Å². The van der Waals surface area contributed by atoms with Crippen molar-refractivity contribution in [1.29, 1.82) is 0 Å². The van der Waals surface area contributed by atoms with E-state index in [-0.39, 0.29) is 0 Å². The Balaban J connectivity index is 1.78. The fourth-order valence-electron chi connectivity index (χ4n) is 2.58. The molecule has 20 heavy (non-hydrogen) atoms. The Kier molecular flexibility index (Phi) is 3.93. The molecule has 0 aromatic carbocycles. The second-order valence-corrected chi connectivity index (χ2v) is 6.43. The molecule has 0 spiro atoms. The van der Waals surface area contributed by atoms with Gasteiger partial charge in [0.2, 0.25) is 5.95 Å². The van der Waals surface area contributed by atoms with E-state index >= 15 is 0 Å². The number of hydrogen-bond acceptors (Lipinski definition) is 6. The summed E-state index contributed by atoms with van der Waals surface area (Å²) in [5.41, 5.74) is 1.10. The third-order valence-corrected chi connectivity index (χ3v) is 4.46. The first-order valence-electron chi connectivity index (χ1n) is 6.95. The van der Waals surface area contributed by atoms with Gasteiger partial charge >= 0.3 is 0 Å². The molecule has 0 bridgehead atoms. The Morgan fingerprint density at radius 3 is 3.00 bits per heavy atom. The van der Waals surface area contributed by atoms with Gasteiger partial charge in [0, 0.05) is 17.3 Å². The van der Waals surface area contributed by atoms with Gasteiger partial charge in [0.25, 0.3) is 0 Å². The minimum Gasteiger partial charge on any atom is -0.300 e. The zero-order chi connectivity index (χ0) is 13.9. The van der Waals surface area contributed by atoms with Crippen molar-refractivity contribution in [3.05, 3.63) is 29.0 Å². The molecule has 1 unspecified atom stereocenters. The molecule has 1 N–H and O–H groups in total. The first kappa shape index (κ1) is 13.5. The third-order valence-electron chi connectivity index (χ3n) is 3.63. The van der Waals surface area contributed by atoms with Gasteiger partial charge in [0.05, 0.1) is 11.7 Å². The van der Waals surface area contributed by atoms with Crippen LogP contribution in [0, 0.1) is 6.92 Å². The molecular weight excluding hydrogens is 270 g/mol. The van der Waals surface area contributed by atoms with Crippen LogP contribution in [0.2, 0.25) is 0 Å². The molecule has 0 radical (unpaired) electrons. The minimum absolute atomic E-state index is 0.408. The maximum absolute atomic E-state index is 4.65. The van der Waals surface area contributed by atoms with Crippen LogP contribution in [0.1, 0.15) is 35.9 Å². The number of likely N-dealkylation sites (tertiary alicyclic amines) is 1. The average Bonchev–Trinajstić information content (AvgIpc) is 2.85. The SMILES string of the molecule is Cc1cnc(Nc2nccc(C3CCCCN3C)n2)s1. The maximum atomic E-state index is 4.65. The van der Waals surface area contributed by atoms with Crippen molar-refractivity contribution in [3.63, 3.8) is 0 Å². The largest absolute Gasteiger partial charge is 0.300 e. The number of nitrogens with zero attached hydrogens (tertiary/aromatic N) is 4. The Morgan fingerprint density at radius 2 is 2.25 bits per heavy atom. The van der Waals surface area contributed by atoms with Crippen molar-refractivity contribution in [2.45, 2.75) is 32.2 Å². The van der Waals surface area contributed by atoms with Gasteiger partial charge < -0.3 is 5.32 Å². The lowest BCUT2D eigenvalue weighted by atomic mass is 10.00. The Bertz CT molecular complexity index is 582. The predicted molar refractivity (Wildman–Crippen MR) is 81.4 cm³/mol. The number of thiazole rings is 1. The van der Waals surface area contributed by atoms with Crippen LogP contribution in [0.4, 0.5) is 11.1 Å². The lowest BCUT2D eigenvalue weighted by molar-refractivity contribution is 0.183. The number of piperidine rings is 1. The molecule has 6 heteroatoms. The maximum Gasteiger partial charge on any atom is 0.229 e. The Hall–Kier alpha value is -1.53. The van der Waals surface area contributed by atoms with Gasteiger partial charge in [-0.15, -0.1) is 11.3 Å². The van der Waals surface area contributed by atoms with Crippen LogP contribution in [0.3, 0.4) is 0 Å². The van der Waals surface area contributed by atoms with Crippen molar-refractivity contribution in [2.24, 2.45) is 0 Å². The standard InChI is InChI=1S/C14H19N5S/c1-10-9-16-14(20-10)18-13-15-7-6-11(17-13)12-5-3-4-8-19(12)2/h6-7,9,12H,3-5,8H2,1-2H3,(H,15,16,17,18). The highest BCUT2D eigenvalue weighted by molar-refractivity contribution is 7.15. The summed E-state index contributed by atoms with van der Waals surface area (Å²) in [6.07, 6.45) is 7.40. The van der Waals surface area contributed by atoms with Crippen LogP contribution >= 0.6 is 11.3 Å². The molecule has 106 valence electrons. The van der Waals surface area contributed by atoms with Crippen molar-refractivity contribution < 1.29 is 0 Å². The molecular formula is C14H19N5S. The molecule has 1 aliphatic rings. The summed E-state index contributed by atoms with van der Waals surface area (Å²) in [7, 11) is 2.17. The fourth-order valence-corrected chi connectivity index (χ4v) is 3.23. The number of aryl methyl sites for hydroxylation is 1. The summed E-state index contributed by atoms with van der Waals surface area (Å²) in [4.78, 5) is 16.8. The lowest BCUT2D eigenvalue weighted by Crippen LogP contribution is -2.30. The molecule has 5 nitrogen and oxygen atoms in total.